The molecule has 0 aliphatic carbocycles. The van der Waals surface area contributed by atoms with E-state index in [0.717, 1.165) is 0 Å². The summed E-state index contributed by atoms with van der Waals surface area (Å²) in [4.78, 5) is 2.10. The molecule has 120 valence electrons. The standard InChI is InChI=1S/C14H24N2O4S/c1-11(10-16(2)3)15-21(18,19)14-6-5-13(20-4)9-12(14)7-8-17/h5-6,9,11,15,17H,7-8,10H2,1-4H3. The second-order valence-electron chi connectivity index (χ2n) is 5.23. The van der Waals surface area contributed by atoms with E-state index < -0.39 is 10.0 Å². The molecule has 0 aliphatic rings. The Morgan fingerprint density at radius 2 is 2.05 bits per heavy atom. The maximum absolute atomic E-state index is 12.5. The molecule has 2 N–H and O–H groups in total. The zero-order chi connectivity index (χ0) is 16.0. The molecule has 6 nitrogen and oxygen atoms in total. The Kier molecular flexibility index (Phi) is 6.60. The van der Waals surface area contributed by atoms with Crippen molar-refractivity contribution < 1.29 is 18.3 Å². The van der Waals surface area contributed by atoms with Gasteiger partial charge in [0.1, 0.15) is 5.75 Å². The van der Waals surface area contributed by atoms with Crippen molar-refractivity contribution in [1.82, 2.24) is 9.62 Å². The summed E-state index contributed by atoms with van der Waals surface area (Å²) in [6.07, 6.45) is 0.259. The molecular formula is C14H24N2O4S. The number of aliphatic hydroxyl groups is 1. The molecule has 0 spiro atoms. The van der Waals surface area contributed by atoms with Gasteiger partial charge in [-0.25, -0.2) is 13.1 Å². The second kappa shape index (κ2) is 7.74. The van der Waals surface area contributed by atoms with E-state index in [4.69, 9.17) is 9.84 Å². The van der Waals surface area contributed by atoms with Gasteiger partial charge < -0.3 is 14.7 Å². The largest absolute Gasteiger partial charge is 0.497 e. The SMILES string of the molecule is COc1ccc(S(=O)(=O)NC(C)CN(C)C)c(CCO)c1. The van der Waals surface area contributed by atoms with Crippen LogP contribution in [0.15, 0.2) is 23.1 Å². The van der Waals surface area contributed by atoms with Crippen LogP contribution in [-0.4, -0.2) is 58.8 Å². The van der Waals surface area contributed by atoms with Gasteiger partial charge in [-0.2, -0.15) is 0 Å². The average Bonchev–Trinajstić information content (AvgIpc) is 2.36. The molecule has 0 fully saturated rings. The number of ether oxygens (including phenoxy) is 1. The van der Waals surface area contributed by atoms with Gasteiger partial charge in [0.05, 0.1) is 12.0 Å². The van der Waals surface area contributed by atoms with Crippen molar-refractivity contribution in [2.45, 2.75) is 24.3 Å². The number of likely N-dealkylation sites (N-methyl/N-ethyl adjacent to an activating group) is 1. The second-order valence-corrected chi connectivity index (χ2v) is 6.91. The summed E-state index contributed by atoms with van der Waals surface area (Å²) >= 11 is 0. The van der Waals surface area contributed by atoms with E-state index in [1.807, 2.05) is 25.9 Å². The van der Waals surface area contributed by atoms with Crippen LogP contribution in [0, 0.1) is 0 Å². The third kappa shape index (κ3) is 5.28. The van der Waals surface area contributed by atoms with Crippen molar-refractivity contribution in [3.8, 4) is 5.75 Å². The van der Waals surface area contributed by atoms with E-state index in [-0.39, 0.29) is 24.0 Å². The van der Waals surface area contributed by atoms with Crippen molar-refractivity contribution in [2.24, 2.45) is 0 Å². The number of nitrogens with zero attached hydrogens (tertiary/aromatic N) is 1. The number of rotatable bonds is 8. The average molecular weight is 316 g/mol. The molecule has 7 heteroatoms. The Morgan fingerprint density at radius 3 is 2.57 bits per heavy atom. The van der Waals surface area contributed by atoms with Crippen molar-refractivity contribution in [3.05, 3.63) is 23.8 Å². The number of methoxy groups -OCH3 is 1. The minimum absolute atomic E-state index is 0.122. The minimum atomic E-state index is -3.63. The first kappa shape index (κ1) is 17.9. The van der Waals surface area contributed by atoms with Crippen LogP contribution in [0.5, 0.6) is 5.75 Å². The molecule has 1 atom stereocenters. The molecule has 1 aromatic rings. The number of hydrogen-bond acceptors (Lipinski definition) is 5. The Labute approximate surface area is 126 Å². The first-order chi connectivity index (χ1) is 9.80. The Bertz CT molecular complexity index is 558. The predicted molar refractivity (Wildman–Crippen MR) is 82.1 cm³/mol. The topological polar surface area (TPSA) is 78.9 Å². The number of hydrogen-bond donors (Lipinski definition) is 2. The Morgan fingerprint density at radius 1 is 1.38 bits per heavy atom. The monoisotopic (exact) mass is 316 g/mol. The summed E-state index contributed by atoms with van der Waals surface area (Å²) in [6, 6.07) is 4.54. The third-order valence-corrected chi connectivity index (χ3v) is 4.62. The van der Waals surface area contributed by atoms with Crippen LogP contribution >= 0.6 is 0 Å². The summed E-state index contributed by atoms with van der Waals surface area (Å²) in [7, 11) is 1.66. The fourth-order valence-electron chi connectivity index (χ4n) is 2.17. The molecule has 0 saturated carbocycles. The lowest BCUT2D eigenvalue weighted by Crippen LogP contribution is -2.39. The Balaban J connectivity index is 3.06. The van der Waals surface area contributed by atoms with Crippen LogP contribution in [0.2, 0.25) is 0 Å². The highest BCUT2D eigenvalue weighted by atomic mass is 32.2. The highest BCUT2D eigenvalue weighted by molar-refractivity contribution is 7.89. The van der Waals surface area contributed by atoms with Crippen molar-refractivity contribution >= 4 is 10.0 Å². The van der Waals surface area contributed by atoms with E-state index in [9.17, 15) is 8.42 Å². The summed E-state index contributed by atoms with van der Waals surface area (Å²) in [5, 5.41) is 9.11. The molecular weight excluding hydrogens is 292 g/mol. The van der Waals surface area contributed by atoms with Gasteiger partial charge in [0.25, 0.3) is 0 Å². The molecule has 1 rings (SSSR count). The summed E-state index contributed by atoms with van der Waals surface area (Å²) < 4.78 is 32.7. The van der Waals surface area contributed by atoms with E-state index in [2.05, 4.69) is 4.72 Å². The van der Waals surface area contributed by atoms with Crippen LogP contribution in [0.25, 0.3) is 0 Å². The van der Waals surface area contributed by atoms with Crippen molar-refractivity contribution in [2.75, 3.05) is 34.4 Å². The smallest absolute Gasteiger partial charge is 0.241 e. The van der Waals surface area contributed by atoms with E-state index in [0.29, 0.717) is 17.9 Å². The fraction of sp³-hybridized carbons (Fsp3) is 0.571. The maximum atomic E-state index is 12.5. The number of benzene rings is 1. The molecule has 0 amide bonds. The number of sulfonamides is 1. The molecule has 0 saturated heterocycles. The zero-order valence-corrected chi connectivity index (χ0v) is 13.8. The van der Waals surface area contributed by atoms with Gasteiger partial charge in [-0.3, -0.25) is 0 Å². The molecule has 0 bridgehead atoms. The number of aliphatic hydroxyl groups excluding tert-OH is 1. The molecule has 21 heavy (non-hydrogen) atoms. The fourth-order valence-corrected chi connectivity index (χ4v) is 3.66. The molecule has 0 aromatic heterocycles. The lowest BCUT2D eigenvalue weighted by molar-refractivity contribution is 0.298. The van der Waals surface area contributed by atoms with Crippen LogP contribution < -0.4 is 9.46 Å². The summed E-state index contributed by atoms with van der Waals surface area (Å²) in [6.45, 7) is 2.29. The first-order valence-corrected chi connectivity index (χ1v) is 8.23. The van der Waals surface area contributed by atoms with Crippen molar-refractivity contribution in [1.29, 1.82) is 0 Å². The van der Waals surface area contributed by atoms with Crippen LogP contribution in [0.1, 0.15) is 12.5 Å². The van der Waals surface area contributed by atoms with Gasteiger partial charge in [0.2, 0.25) is 10.0 Å². The van der Waals surface area contributed by atoms with E-state index in [1.54, 1.807) is 12.1 Å². The molecule has 1 aromatic carbocycles. The lowest BCUT2D eigenvalue weighted by Gasteiger charge is -2.19. The minimum Gasteiger partial charge on any atom is -0.497 e. The van der Waals surface area contributed by atoms with Gasteiger partial charge in [0.15, 0.2) is 0 Å². The highest BCUT2D eigenvalue weighted by Gasteiger charge is 2.21. The third-order valence-electron chi connectivity index (χ3n) is 2.93. The maximum Gasteiger partial charge on any atom is 0.241 e. The summed E-state index contributed by atoms with van der Waals surface area (Å²) in [5.41, 5.74) is 0.543. The van der Waals surface area contributed by atoms with Gasteiger partial charge >= 0.3 is 0 Å². The quantitative estimate of drug-likeness (QED) is 0.728. The zero-order valence-electron chi connectivity index (χ0n) is 13.0. The molecule has 0 aliphatic heterocycles. The van der Waals surface area contributed by atoms with Gasteiger partial charge in [-0.1, -0.05) is 0 Å². The highest BCUT2D eigenvalue weighted by Crippen LogP contribution is 2.22. The normalized spacial score (nSPS) is 13.4. The van der Waals surface area contributed by atoms with Gasteiger partial charge in [0, 0.05) is 19.2 Å². The van der Waals surface area contributed by atoms with E-state index >= 15 is 0 Å². The molecule has 1 unspecified atom stereocenters. The first-order valence-electron chi connectivity index (χ1n) is 6.75. The lowest BCUT2D eigenvalue weighted by atomic mass is 10.1. The van der Waals surface area contributed by atoms with Crippen LogP contribution in [0.4, 0.5) is 0 Å². The van der Waals surface area contributed by atoms with Crippen LogP contribution in [0.3, 0.4) is 0 Å². The van der Waals surface area contributed by atoms with Crippen LogP contribution in [-0.2, 0) is 16.4 Å². The van der Waals surface area contributed by atoms with E-state index in [1.165, 1.54) is 13.2 Å². The Hall–Kier alpha value is -1.15. The summed E-state index contributed by atoms with van der Waals surface area (Å²) in [5.74, 6) is 0.568. The number of nitrogens with one attached hydrogen (secondary N) is 1. The molecule has 0 radical (unpaired) electrons. The molecule has 0 heterocycles. The van der Waals surface area contributed by atoms with Gasteiger partial charge in [-0.05, 0) is 51.2 Å². The predicted octanol–water partition coefficient (Wildman–Crippen LogP) is 0.458. The van der Waals surface area contributed by atoms with Crippen molar-refractivity contribution in [3.63, 3.8) is 0 Å². The van der Waals surface area contributed by atoms with Gasteiger partial charge in [-0.15, -0.1) is 0 Å².